The maximum absolute atomic E-state index is 13.9. The molecular weight excluding hydrogens is 243 g/mol. The van der Waals surface area contributed by atoms with E-state index in [4.69, 9.17) is 5.11 Å². The molecule has 1 aromatic rings. The molecule has 0 amide bonds. The minimum absolute atomic E-state index is 0.115. The Kier molecular flexibility index (Phi) is 4.77. The summed E-state index contributed by atoms with van der Waals surface area (Å²) in [5.74, 6) is 0.389. The predicted octanol–water partition coefficient (Wildman–Crippen LogP) is 2.10. The van der Waals surface area contributed by atoms with E-state index in [1.807, 2.05) is 11.9 Å². The second-order valence-electron chi connectivity index (χ2n) is 5.57. The van der Waals surface area contributed by atoms with Crippen LogP contribution in [0.2, 0.25) is 0 Å². The van der Waals surface area contributed by atoms with Gasteiger partial charge >= 0.3 is 0 Å². The van der Waals surface area contributed by atoms with Crippen LogP contribution in [0, 0.1) is 11.7 Å². The quantitative estimate of drug-likeness (QED) is 0.904. The molecule has 0 atom stereocenters. The van der Waals surface area contributed by atoms with Gasteiger partial charge in [0, 0.05) is 13.6 Å². The molecule has 0 unspecified atom stereocenters. The van der Waals surface area contributed by atoms with Gasteiger partial charge in [-0.2, -0.15) is 0 Å². The summed E-state index contributed by atoms with van der Waals surface area (Å²) < 4.78 is 13.9. The smallest absolute Gasteiger partial charge is 0.146 e. The summed E-state index contributed by atoms with van der Waals surface area (Å²) in [5, 5.41) is 8.99. The third-order valence-corrected chi connectivity index (χ3v) is 3.98. The molecule has 1 heterocycles. The van der Waals surface area contributed by atoms with Crippen molar-refractivity contribution >= 4 is 5.69 Å². The average molecular weight is 266 g/mol. The molecule has 0 aromatic heterocycles. The third-order valence-electron chi connectivity index (χ3n) is 3.98. The number of nitrogens with zero attached hydrogens (tertiary/aromatic N) is 2. The van der Waals surface area contributed by atoms with Crippen molar-refractivity contribution < 1.29 is 9.50 Å². The normalized spacial score (nSPS) is 17.7. The van der Waals surface area contributed by atoms with Crippen LogP contribution in [-0.2, 0) is 6.61 Å². The highest BCUT2D eigenvalue weighted by Crippen LogP contribution is 2.23. The monoisotopic (exact) mass is 266 g/mol. The number of benzene rings is 1. The predicted molar refractivity (Wildman–Crippen MR) is 75.8 cm³/mol. The zero-order valence-electron chi connectivity index (χ0n) is 11.8. The lowest BCUT2D eigenvalue weighted by atomic mass is 9.96. The highest BCUT2D eigenvalue weighted by atomic mass is 19.1. The van der Waals surface area contributed by atoms with Crippen molar-refractivity contribution in [2.24, 2.45) is 5.92 Å². The first-order chi connectivity index (χ1) is 9.10. The van der Waals surface area contributed by atoms with E-state index in [0.29, 0.717) is 17.2 Å². The maximum Gasteiger partial charge on any atom is 0.146 e. The summed E-state index contributed by atoms with van der Waals surface area (Å²) in [5.41, 5.74) is 1.24. The Bertz CT molecular complexity index is 417. The van der Waals surface area contributed by atoms with Gasteiger partial charge in [0.05, 0.1) is 12.3 Å². The van der Waals surface area contributed by atoms with Crippen molar-refractivity contribution in [3.8, 4) is 0 Å². The summed E-state index contributed by atoms with van der Waals surface area (Å²) in [6.45, 7) is 3.04. The van der Waals surface area contributed by atoms with Gasteiger partial charge in [0.15, 0.2) is 0 Å². The second kappa shape index (κ2) is 6.35. The van der Waals surface area contributed by atoms with Crippen LogP contribution in [0.4, 0.5) is 10.1 Å². The first kappa shape index (κ1) is 14.3. The number of anilines is 1. The summed E-state index contributed by atoms with van der Waals surface area (Å²) in [4.78, 5) is 4.33. The van der Waals surface area contributed by atoms with Gasteiger partial charge in [-0.25, -0.2) is 4.39 Å². The minimum Gasteiger partial charge on any atom is -0.392 e. The van der Waals surface area contributed by atoms with E-state index < -0.39 is 0 Å². The van der Waals surface area contributed by atoms with Crippen molar-refractivity contribution in [1.82, 2.24) is 4.90 Å². The largest absolute Gasteiger partial charge is 0.392 e. The number of hydrogen-bond donors (Lipinski definition) is 1. The van der Waals surface area contributed by atoms with Gasteiger partial charge in [-0.3, -0.25) is 0 Å². The van der Waals surface area contributed by atoms with Crippen LogP contribution in [0.1, 0.15) is 18.4 Å². The van der Waals surface area contributed by atoms with Gasteiger partial charge in [-0.15, -0.1) is 0 Å². The molecule has 2 rings (SSSR count). The lowest BCUT2D eigenvalue weighted by Gasteiger charge is -2.32. The van der Waals surface area contributed by atoms with E-state index in [0.717, 1.165) is 19.6 Å². The molecule has 106 valence electrons. The highest BCUT2D eigenvalue weighted by molar-refractivity contribution is 5.48. The SMILES string of the molecule is CN1CCC(CN(C)c2ccc(CO)cc2F)CC1. The molecule has 1 aromatic carbocycles. The van der Waals surface area contributed by atoms with Gasteiger partial charge < -0.3 is 14.9 Å². The lowest BCUT2D eigenvalue weighted by molar-refractivity contribution is 0.222. The molecule has 0 radical (unpaired) electrons. The summed E-state index contributed by atoms with van der Waals surface area (Å²) in [6.07, 6.45) is 2.36. The molecule has 0 aliphatic carbocycles. The van der Waals surface area contributed by atoms with E-state index >= 15 is 0 Å². The molecule has 1 aliphatic heterocycles. The van der Waals surface area contributed by atoms with E-state index in [1.54, 1.807) is 12.1 Å². The van der Waals surface area contributed by atoms with Crippen LogP contribution in [-0.4, -0.2) is 43.7 Å². The van der Waals surface area contributed by atoms with Crippen molar-refractivity contribution in [3.05, 3.63) is 29.6 Å². The fourth-order valence-corrected chi connectivity index (χ4v) is 2.69. The molecule has 1 saturated heterocycles. The highest BCUT2D eigenvalue weighted by Gasteiger charge is 2.19. The van der Waals surface area contributed by atoms with Crippen molar-refractivity contribution in [3.63, 3.8) is 0 Å². The Labute approximate surface area is 114 Å². The molecule has 0 spiro atoms. The molecule has 19 heavy (non-hydrogen) atoms. The molecule has 1 N–H and O–H groups in total. The zero-order valence-corrected chi connectivity index (χ0v) is 11.8. The Hall–Kier alpha value is -1.13. The van der Waals surface area contributed by atoms with Crippen molar-refractivity contribution in [2.75, 3.05) is 38.6 Å². The van der Waals surface area contributed by atoms with Crippen molar-refractivity contribution in [1.29, 1.82) is 0 Å². The first-order valence-electron chi connectivity index (χ1n) is 6.89. The van der Waals surface area contributed by atoms with Gasteiger partial charge in [0.1, 0.15) is 5.82 Å². The minimum atomic E-state index is -0.248. The number of aliphatic hydroxyl groups is 1. The fourth-order valence-electron chi connectivity index (χ4n) is 2.69. The first-order valence-corrected chi connectivity index (χ1v) is 6.89. The van der Waals surface area contributed by atoms with E-state index in [9.17, 15) is 4.39 Å². The van der Waals surface area contributed by atoms with Gasteiger partial charge in [-0.05, 0) is 56.6 Å². The van der Waals surface area contributed by atoms with Crippen molar-refractivity contribution in [2.45, 2.75) is 19.4 Å². The maximum atomic E-state index is 13.9. The third kappa shape index (κ3) is 3.67. The van der Waals surface area contributed by atoms with Gasteiger partial charge in [-0.1, -0.05) is 6.07 Å². The summed E-state index contributed by atoms with van der Waals surface area (Å²) in [6, 6.07) is 4.96. The Balaban J connectivity index is 1.97. The fraction of sp³-hybridized carbons (Fsp3) is 0.600. The van der Waals surface area contributed by atoms with Gasteiger partial charge in [0.25, 0.3) is 0 Å². The van der Waals surface area contributed by atoms with Crippen LogP contribution in [0.5, 0.6) is 0 Å². The molecule has 0 saturated carbocycles. The lowest BCUT2D eigenvalue weighted by Crippen LogP contribution is -2.36. The molecule has 0 bridgehead atoms. The van der Waals surface area contributed by atoms with Crippen LogP contribution < -0.4 is 4.90 Å². The van der Waals surface area contributed by atoms with Crippen LogP contribution in [0.15, 0.2) is 18.2 Å². The number of aliphatic hydroxyl groups excluding tert-OH is 1. The zero-order chi connectivity index (χ0) is 13.8. The molecular formula is C15H23FN2O. The standard InChI is InChI=1S/C15H23FN2O/c1-17-7-5-12(6-8-17)10-18(2)15-4-3-13(11-19)9-14(15)16/h3-4,9,12,19H,5-8,10-11H2,1-2H3. The van der Waals surface area contributed by atoms with Crippen LogP contribution in [0.25, 0.3) is 0 Å². The Morgan fingerprint density at radius 3 is 2.63 bits per heavy atom. The topological polar surface area (TPSA) is 26.7 Å². The molecule has 1 fully saturated rings. The number of halogens is 1. The number of likely N-dealkylation sites (tertiary alicyclic amines) is 1. The summed E-state index contributed by atoms with van der Waals surface area (Å²) >= 11 is 0. The van der Waals surface area contributed by atoms with Gasteiger partial charge in [0.2, 0.25) is 0 Å². The molecule has 3 nitrogen and oxygen atoms in total. The molecule has 4 heteroatoms. The number of rotatable bonds is 4. The van der Waals surface area contributed by atoms with E-state index in [1.165, 1.54) is 18.9 Å². The summed E-state index contributed by atoms with van der Waals surface area (Å²) in [7, 11) is 4.09. The van der Waals surface area contributed by atoms with E-state index in [2.05, 4.69) is 11.9 Å². The van der Waals surface area contributed by atoms with Crippen LogP contribution in [0.3, 0.4) is 0 Å². The number of piperidine rings is 1. The number of hydrogen-bond acceptors (Lipinski definition) is 3. The second-order valence-corrected chi connectivity index (χ2v) is 5.57. The Morgan fingerprint density at radius 1 is 1.37 bits per heavy atom. The Morgan fingerprint density at radius 2 is 2.05 bits per heavy atom. The molecule has 1 aliphatic rings. The van der Waals surface area contributed by atoms with E-state index in [-0.39, 0.29) is 12.4 Å². The average Bonchev–Trinajstić information content (AvgIpc) is 2.41. The van der Waals surface area contributed by atoms with Crippen LogP contribution >= 0.6 is 0 Å².